The molecule has 0 radical (unpaired) electrons. The summed E-state index contributed by atoms with van der Waals surface area (Å²) in [5.41, 5.74) is 1.44. The van der Waals surface area contributed by atoms with Gasteiger partial charge in [0.05, 0.1) is 12.3 Å². The summed E-state index contributed by atoms with van der Waals surface area (Å²) in [4.78, 5) is 0. The molecule has 78 valence electrons. The molecule has 0 aliphatic carbocycles. The van der Waals surface area contributed by atoms with Crippen LogP contribution in [0, 0.1) is 12.3 Å². The van der Waals surface area contributed by atoms with Gasteiger partial charge in [-0.1, -0.05) is 5.16 Å². The molecule has 0 aromatic heterocycles. The molecule has 0 atom stereocenters. The highest BCUT2D eigenvalue weighted by atomic mass is 16.5. The van der Waals surface area contributed by atoms with E-state index >= 15 is 0 Å². The zero-order valence-electron chi connectivity index (χ0n) is 8.60. The van der Waals surface area contributed by atoms with E-state index in [4.69, 9.17) is 16.4 Å². The van der Waals surface area contributed by atoms with Gasteiger partial charge in [0.15, 0.2) is 0 Å². The van der Waals surface area contributed by atoms with E-state index in [1.54, 1.807) is 6.92 Å². The number of nitrogens with zero attached hydrogens (tertiary/aromatic N) is 1. The zero-order chi connectivity index (χ0) is 11.1. The Morgan fingerprint density at radius 3 is 2.67 bits per heavy atom. The molecule has 0 saturated carbocycles. The SMILES string of the molecule is C#CCCOc1ccc(/C(C)=N/O)cc1. The lowest BCUT2D eigenvalue weighted by Crippen LogP contribution is -1.97. The van der Waals surface area contributed by atoms with Crippen LogP contribution in [0.4, 0.5) is 0 Å². The van der Waals surface area contributed by atoms with Crippen LogP contribution in [0.25, 0.3) is 0 Å². The Kier molecular flexibility index (Phi) is 4.24. The van der Waals surface area contributed by atoms with Gasteiger partial charge in [-0.25, -0.2) is 0 Å². The number of terminal acetylenes is 1. The van der Waals surface area contributed by atoms with Crippen LogP contribution in [0.3, 0.4) is 0 Å². The van der Waals surface area contributed by atoms with Crippen LogP contribution in [-0.4, -0.2) is 17.5 Å². The first kappa shape index (κ1) is 11.1. The Labute approximate surface area is 89.4 Å². The van der Waals surface area contributed by atoms with Crippen molar-refractivity contribution in [1.29, 1.82) is 0 Å². The summed E-state index contributed by atoms with van der Waals surface area (Å²) in [6.45, 7) is 2.25. The van der Waals surface area contributed by atoms with Crippen LogP contribution >= 0.6 is 0 Å². The van der Waals surface area contributed by atoms with Crippen molar-refractivity contribution in [2.75, 3.05) is 6.61 Å². The van der Waals surface area contributed by atoms with Gasteiger partial charge in [0.1, 0.15) is 5.75 Å². The molecule has 0 amide bonds. The molecule has 0 heterocycles. The fraction of sp³-hybridized carbons (Fsp3) is 0.250. The van der Waals surface area contributed by atoms with Crippen molar-refractivity contribution in [3.8, 4) is 18.1 Å². The highest BCUT2D eigenvalue weighted by molar-refractivity contribution is 5.98. The summed E-state index contributed by atoms with van der Waals surface area (Å²) in [6, 6.07) is 7.31. The molecule has 1 rings (SSSR count). The second kappa shape index (κ2) is 5.71. The van der Waals surface area contributed by atoms with Crippen molar-refractivity contribution in [3.63, 3.8) is 0 Å². The van der Waals surface area contributed by atoms with Crippen LogP contribution in [0.5, 0.6) is 5.75 Å². The average molecular weight is 203 g/mol. The van der Waals surface area contributed by atoms with Gasteiger partial charge in [-0.3, -0.25) is 0 Å². The molecule has 0 saturated heterocycles. The molecule has 0 unspecified atom stereocenters. The summed E-state index contributed by atoms with van der Waals surface area (Å²) in [5, 5.41) is 11.7. The number of rotatable bonds is 4. The molecule has 0 fully saturated rings. The third-order valence-electron chi connectivity index (χ3n) is 1.94. The second-order valence-electron chi connectivity index (χ2n) is 3.01. The third-order valence-corrected chi connectivity index (χ3v) is 1.94. The molecule has 0 bridgehead atoms. The predicted octanol–water partition coefficient (Wildman–Crippen LogP) is 2.29. The van der Waals surface area contributed by atoms with Crippen molar-refractivity contribution in [1.82, 2.24) is 0 Å². The fourth-order valence-corrected chi connectivity index (χ4v) is 1.08. The molecule has 0 aliphatic rings. The molecular weight excluding hydrogens is 190 g/mol. The van der Waals surface area contributed by atoms with Crippen LogP contribution < -0.4 is 4.74 Å². The highest BCUT2D eigenvalue weighted by Crippen LogP contribution is 2.12. The van der Waals surface area contributed by atoms with E-state index in [0.29, 0.717) is 18.7 Å². The van der Waals surface area contributed by atoms with E-state index < -0.39 is 0 Å². The minimum absolute atomic E-state index is 0.517. The minimum Gasteiger partial charge on any atom is -0.493 e. The number of benzene rings is 1. The van der Waals surface area contributed by atoms with Crippen molar-refractivity contribution in [2.24, 2.45) is 5.16 Å². The van der Waals surface area contributed by atoms with E-state index in [9.17, 15) is 0 Å². The molecule has 0 aliphatic heterocycles. The van der Waals surface area contributed by atoms with E-state index in [1.807, 2.05) is 24.3 Å². The highest BCUT2D eigenvalue weighted by Gasteiger charge is 1.98. The Morgan fingerprint density at radius 1 is 1.47 bits per heavy atom. The molecule has 1 N–H and O–H groups in total. The average Bonchev–Trinajstić information content (AvgIpc) is 2.29. The lowest BCUT2D eigenvalue weighted by atomic mass is 10.1. The fourth-order valence-electron chi connectivity index (χ4n) is 1.08. The molecule has 15 heavy (non-hydrogen) atoms. The summed E-state index contributed by atoms with van der Waals surface area (Å²) in [7, 11) is 0. The number of hydrogen-bond acceptors (Lipinski definition) is 3. The molecule has 3 nitrogen and oxygen atoms in total. The second-order valence-corrected chi connectivity index (χ2v) is 3.01. The van der Waals surface area contributed by atoms with E-state index in [1.165, 1.54) is 0 Å². The van der Waals surface area contributed by atoms with Crippen LogP contribution in [-0.2, 0) is 0 Å². The zero-order valence-corrected chi connectivity index (χ0v) is 8.60. The van der Waals surface area contributed by atoms with Gasteiger partial charge in [-0.15, -0.1) is 12.3 Å². The van der Waals surface area contributed by atoms with Gasteiger partial charge < -0.3 is 9.94 Å². The first-order valence-electron chi connectivity index (χ1n) is 4.63. The monoisotopic (exact) mass is 203 g/mol. The standard InChI is InChI=1S/C12H13NO2/c1-3-4-9-15-12-7-5-11(6-8-12)10(2)13-14/h1,5-8,14H,4,9H2,2H3/b13-10+. The summed E-state index contributed by atoms with van der Waals surface area (Å²) < 4.78 is 5.37. The summed E-state index contributed by atoms with van der Waals surface area (Å²) in [5.74, 6) is 3.26. The van der Waals surface area contributed by atoms with Crippen molar-refractivity contribution < 1.29 is 9.94 Å². The van der Waals surface area contributed by atoms with Gasteiger partial charge >= 0.3 is 0 Å². The van der Waals surface area contributed by atoms with Gasteiger partial charge in [0.2, 0.25) is 0 Å². The third kappa shape index (κ3) is 3.35. The quantitative estimate of drug-likeness (QED) is 0.268. The lowest BCUT2D eigenvalue weighted by Gasteiger charge is -2.04. The molecule has 3 heteroatoms. The summed E-state index contributed by atoms with van der Waals surface area (Å²) in [6.07, 6.45) is 5.70. The number of oxime groups is 1. The number of ether oxygens (including phenoxy) is 1. The topological polar surface area (TPSA) is 41.8 Å². The Balaban J connectivity index is 2.61. The maximum atomic E-state index is 8.57. The van der Waals surface area contributed by atoms with Crippen LogP contribution in [0.2, 0.25) is 0 Å². The van der Waals surface area contributed by atoms with Crippen molar-refractivity contribution in [2.45, 2.75) is 13.3 Å². The van der Waals surface area contributed by atoms with E-state index in [2.05, 4.69) is 11.1 Å². The van der Waals surface area contributed by atoms with Crippen LogP contribution in [0.1, 0.15) is 18.9 Å². The van der Waals surface area contributed by atoms with Crippen molar-refractivity contribution >= 4 is 5.71 Å². The van der Waals surface area contributed by atoms with E-state index in [0.717, 1.165) is 11.3 Å². The normalized spacial score (nSPS) is 10.8. The Hall–Kier alpha value is -1.95. The molecule has 0 spiro atoms. The van der Waals surface area contributed by atoms with Gasteiger partial charge in [0.25, 0.3) is 0 Å². The minimum atomic E-state index is 0.517. The Morgan fingerprint density at radius 2 is 2.13 bits per heavy atom. The maximum absolute atomic E-state index is 8.57. The largest absolute Gasteiger partial charge is 0.493 e. The van der Waals surface area contributed by atoms with Crippen molar-refractivity contribution in [3.05, 3.63) is 29.8 Å². The number of hydrogen-bond donors (Lipinski definition) is 1. The first-order valence-corrected chi connectivity index (χ1v) is 4.63. The first-order chi connectivity index (χ1) is 7.27. The van der Waals surface area contributed by atoms with Gasteiger partial charge in [-0.05, 0) is 36.8 Å². The maximum Gasteiger partial charge on any atom is 0.119 e. The van der Waals surface area contributed by atoms with E-state index in [-0.39, 0.29) is 0 Å². The molecule has 1 aromatic rings. The predicted molar refractivity (Wildman–Crippen MR) is 59.4 cm³/mol. The van der Waals surface area contributed by atoms with Gasteiger partial charge in [-0.2, -0.15) is 0 Å². The van der Waals surface area contributed by atoms with Gasteiger partial charge in [0, 0.05) is 6.42 Å². The summed E-state index contributed by atoms with van der Waals surface area (Å²) >= 11 is 0. The smallest absolute Gasteiger partial charge is 0.119 e. The Bertz CT molecular complexity index is 374. The molecule has 1 aromatic carbocycles. The van der Waals surface area contributed by atoms with Crippen LogP contribution in [0.15, 0.2) is 29.4 Å². The lowest BCUT2D eigenvalue weighted by molar-refractivity contribution is 0.319. The molecular formula is C12H13NO2.